The minimum Gasteiger partial charge on any atom is -0.491 e. The normalized spacial score (nSPS) is 13.9. The van der Waals surface area contributed by atoms with Gasteiger partial charge in [0, 0.05) is 12.1 Å². The number of anilines is 1. The molecule has 16 heavy (non-hydrogen) atoms. The monoisotopic (exact) mass is 223 g/mol. The molecular weight excluding hydrogens is 206 g/mol. The maximum atomic E-state index is 5.87. The Hall–Kier alpha value is -1.58. The molecule has 1 aliphatic rings. The summed E-state index contributed by atoms with van der Waals surface area (Å²) in [5.74, 6) is 2.53. The molecule has 0 radical (unpaired) electrons. The Morgan fingerprint density at radius 3 is 2.50 bits per heavy atom. The smallest absolute Gasteiger partial charge is 0.165 e. The summed E-state index contributed by atoms with van der Waals surface area (Å²) in [4.78, 5) is 0. The van der Waals surface area contributed by atoms with Crippen LogP contribution in [0.5, 0.6) is 17.2 Å². The summed E-state index contributed by atoms with van der Waals surface area (Å²) in [6.45, 7) is 5.96. The Morgan fingerprint density at radius 1 is 1.25 bits per heavy atom. The van der Waals surface area contributed by atoms with E-state index in [0.717, 1.165) is 0 Å². The van der Waals surface area contributed by atoms with Gasteiger partial charge in [-0.15, -0.1) is 0 Å². The molecule has 0 aliphatic carbocycles. The fraction of sp³-hybridized carbons (Fsp3) is 0.500. The zero-order valence-corrected chi connectivity index (χ0v) is 9.66. The first kappa shape index (κ1) is 10.9. The Balaban J connectivity index is 2.18. The van der Waals surface area contributed by atoms with E-state index < -0.39 is 0 Å². The molecule has 0 amide bonds. The van der Waals surface area contributed by atoms with Crippen LogP contribution in [0.2, 0.25) is 0 Å². The average Bonchev–Trinajstić information content (AvgIpc) is 2.26. The van der Waals surface area contributed by atoms with Gasteiger partial charge in [0.2, 0.25) is 0 Å². The van der Waals surface area contributed by atoms with Crippen molar-refractivity contribution in [3.8, 4) is 17.2 Å². The fourth-order valence-electron chi connectivity index (χ4n) is 1.47. The summed E-state index contributed by atoms with van der Waals surface area (Å²) >= 11 is 0. The van der Waals surface area contributed by atoms with Crippen molar-refractivity contribution in [2.75, 3.05) is 25.6 Å². The summed E-state index contributed by atoms with van der Waals surface area (Å²) in [5.41, 5.74) is 6.46. The highest BCUT2D eigenvalue weighted by Gasteiger charge is 2.15. The number of rotatable bonds is 3. The minimum absolute atomic E-state index is 0.465. The fourth-order valence-corrected chi connectivity index (χ4v) is 1.47. The molecule has 2 N–H and O–H groups in total. The SMILES string of the molecule is CC(C)COc1cc2c(cc1N)OCCO2. The summed E-state index contributed by atoms with van der Waals surface area (Å²) in [6.07, 6.45) is 0. The second-order valence-electron chi connectivity index (χ2n) is 4.24. The van der Waals surface area contributed by atoms with E-state index in [0.29, 0.717) is 48.7 Å². The lowest BCUT2D eigenvalue weighted by Gasteiger charge is -2.20. The molecule has 1 heterocycles. The molecule has 1 aromatic rings. The molecule has 0 unspecified atom stereocenters. The van der Waals surface area contributed by atoms with Gasteiger partial charge < -0.3 is 19.9 Å². The highest BCUT2D eigenvalue weighted by atomic mass is 16.6. The van der Waals surface area contributed by atoms with E-state index in [-0.39, 0.29) is 0 Å². The van der Waals surface area contributed by atoms with E-state index >= 15 is 0 Å². The highest BCUT2D eigenvalue weighted by Crippen LogP contribution is 2.38. The number of nitrogens with two attached hydrogens (primary N) is 1. The number of hydrogen-bond donors (Lipinski definition) is 1. The van der Waals surface area contributed by atoms with Gasteiger partial charge in [-0.3, -0.25) is 0 Å². The van der Waals surface area contributed by atoms with Gasteiger partial charge in [0.05, 0.1) is 12.3 Å². The Morgan fingerprint density at radius 2 is 1.88 bits per heavy atom. The highest BCUT2D eigenvalue weighted by molar-refractivity contribution is 5.62. The van der Waals surface area contributed by atoms with Gasteiger partial charge in [-0.2, -0.15) is 0 Å². The van der Waals surface area contributed by atoms with E-state index in [1.54, 1.807) is 12.1 Å². The minimum atomic E-state index is 0.465. The third-order valence-electron chi connectivity index (χ3n) is 2.25. The molecule has 4 nitrogen and oxygen atoms in total. The van der Waals surface area contributed by atoms with Crippen molar-refractivity contribution in [2.45, 2.75) is 13.8 Å². The molecule has 0 fully saturated rings. The zero-order chi connectivity index (χ0) is 11.5. The van der Waals surface area contributed by atoms with Crippen LogP contribution in [0, 0.1) is 5.92 Å². The van der Waals surface area contributed by atoms with Crippen LogP contribution in [0.3, 0.4) is 0 Å². The predicted octanol–water partition coefficient (Wildman–Crippen LogP) is 2.07. The topological polar surface area (TPSA) is 53.7 Å². The van der Waals surface area contributed by atoms with Crippen LogP contribution in [-0.4, -0.2) is 19.8 Å². The van der Waals surface area contributed by atoms with Crippen LogP contribution < -0.4 is 19.9 Å². The summed E-state index contributed by atoms with van der Waals surface area (Å²) in [6, 6.07) is 3.55. The second-order valence-corrected chi connectivity index (χ2v) is 4.24. The maximum Gasteiger partial charge on any atom is 0.165 e. The van der Waals surface area contributed by atoms with E-state index in [9.17, 15) is 0 Å². The molecule has 0 atom stereocenters. The van der Waals surface area contributed by atoms with Gasteiger partial charge in [0.1, 0.15) is 19.0 Å². The van der Waals surface area contributed by atoms with Crippen LogP contribution in [0.25, 0.3) is 0 Å². The van der Waals surface area contributed by atoms with Crippen molar-refractivity contribution in [2.24, 2.45) is 5.92 Å². The summed E-state index contributed by atoms with van der Waals surface area (Å²) in [7, 11) is 0. The average molecular weight is 223 g/mol. The van der Waals surface area contributed by atoms with Gasteiger partial charge >= 0.3 is 0 Å². The molecule has 4 heteroatoms. The molecule has 1 aliphatic heterocycles. The maximum absolute atomic E-state index is 5.87. The van der Waals surface area contributed by atoms with Crippen molar-refractivity contribution in [3.05, 3.63) is 12.1 Å². The summed E-state index contributed by atoms with van der Waals surface area (Å²) < 4.78 is 16.5. The molecule has 0 saturated carbocycles. The van der Waals surface area contributed by atoms with Crippen LogP contribution in [-0.2, 0) is 0 Å². The zero-order valence-electron chi connectivity index (χ0n) is 9.66. The Bertz CT molecular complexity index is 377. The van der Waals surface area contributed by atoms with Crippen molar-refractivity contribution < 1.29 is 14.2 Å². The third-order valence-corrected chi connectivity index (χ3v) is 2.25. The van der Waals surface area contributed by atoms with Gasteiger partial charge in [0.25, 0.3) is 0 Å². The van der Waals surface area contributed by atoms with Crippen molar-refractivity contribution in [1.29, 1.82) is 0 Å². The van der Waals surface area contributed by atoms with Gasteiger partial charge in [-0.05, 0) is 5.92 Å². The van der Waals surface area contributed by atoms with E-state index in [4.69, 9.17) is 19.9 Å². The van der Waals surface area contributed by atoms with Crippen LogP contribution in [0.15, 0.2) is 12.1 Å². The molecule has 2 rings (SSSR count). The predicted molar refractivity (Wildman–Crippen MR) is 62.2 cm³/mol. The Kier molecular flexibility index (Phi) is 3.08. The number of benzene rings is 1. The standard InChI is InChI=1S/C12H17NO3/c1-8(2)7-16-10-6-12-11(5-9(10)13)14-3-4-15-12/h5-6,8H,3-4,7,13H2,1-2H3. The first-order valence-electron chi connectivity index (χ1n) is 5.48. The lowest BCUT2D eigenvalue weighted by Crippen LogP contribution is -2.16. The molecule has 0 aromatic heterocycles. The number of ether oxygens (including phenoxy) is 3. The lowest BCUT2D eigenvalue weighted by molar-refractivity contribution is 0.170. The van der Waals surface area contributed by atoms with Gasteiger partial charge in [-0.1, -0.05) is 13.8 Å². The second kappa shape index (κ2) is 4.51. The van der Waals surface area contributed by atoms with Crippen LogP contribution in [0.1, 0.15) is 13.8 Å². The van der Waals surface area contributed by atoms with E-state index in [1.807, 2.05) is 0 Å². The first-order chi connectivity index (χ1) is 7.66. The number of hydrogen-bond acceptors (Lipinski definition) is 4. The van der Waals surface area contributed by atoms with Gasteiger partial charge in [-0.25, -0.2) is 0 Å². The quantitative estimate of drug-likeness (QED) is 0.797. The van der Waals surface area contributed by atoms with Crippen molar-refractivity contribution in [1.82, 2.24) is 0 Å². The Labute approximate surface area is 95.3 Å². The number of fused-ring (bicyclic) bond motifs is 1. The van der Waals surface area contributed by atoms with Crippen molar-refractivity contribution >= 4 is 5.69 Å². The van der Waals surface area contributed by atoms with E-state index in [1.165, 1.54) is 0 Å². The molecule has 0 spiro atoms. The molecule has 0 saturated heterocycles. The summed E-state index contributed by atoms with van der Waals surface area (Å²) in [5, 5.41) is 0. The lowest BCUT2D eigenvalue weighted by atomic mass is 10.2. The molecular formula is C12H17NO3. The molecule has 0 bridgehead atoms. The first-order valence-corrected chi connectivity index (χ1v) is 5.48. The largest absolute Gasteiger partial charge is 0.491 e. The van der Waals surface area contributed by atoms with Crippen molar-refractivity contribution in [3.63, 3.8) is 0 Å². The third kappa shape index (κ3) is 2.32. The molecule has 1 aromatic carbocycles. The van der Waals surface area contributed by atoms with Crippen LogP contribution >= 0.6 is 0 Å². The van der Waals surface area contributed by atoms with E-state index in [2.05, 4.69) is 13.8 Å². The van der Waals surface area contributed by atoms with Crippen LogP contribution in [0.4, 0.5) is 5.69 Å². The molecule has 88 valence electrons. The number of nitrogen functional groups attached to an aromatic ring is 1. The van der Waals surface area contributed by atoms with Gasteiger partial charge in [0.15, 0.2) is 11.5 Å².